The molecule has 57 heavy (non-hydrogen) atoms. The fourth-order valence-corrected chi connectivity index (χ4v) is 8.22. The van der Waals surface area contributed by atoms with Gasteiger partial charge in [-0.3, -0.25) is 32.5 Å². The van der Waals surface area contributed by atoms with Crippen LogP contribution in [0, 0.1) is 5.41 Å². The van der Waals surface area contributed by atoms with Gasteiger partial charge in [0.05, 0.1) is 47.2 Å². The molecule has 1 saturated heterocycles. The molecule has 322 valence electrons. The second-order valence-corrected chi connectivity index (χ2v) is 19.4. The SMILES string of the molecule is CC(C)(COP(=O)(O)OP(=O)(O)OCC1OC(n2cnc3c(N)ncnc32)C(O)C1OP(=O)(O)O)C(O)C(=O)NCCC(=O)NCCSC(=O)C=CC[N+](C)(C)C. The molecule has 25 nitrogen and oxygen atoms in total. The molecule has 1 aliphatic rings. The molecular weight excluding hydrogens is 845 g/mol. The number of hydrogen-bond acceptors (Lipinski definition) is 18. The molecule has 3 rings (SSSR count). The lowest BCUT2D eigenvalue weighted by molar-refractivity contribution is -0.864. The molecule has 7 unspecified atom stereocenters. The number of thioether (sulfide) groups is 1. The van der Waals surface area contributed by atoms with Gasteiger partial charge in [0.2, 0.25) is 16.9 Å². The summed E-state index contributed by atoms with van der Waals surface area (Å²) in [4.78, 5) is 87.5. The molecule has 1 fully saturated rings. The smallest absolute Gasteiger partial charge is 0.386 e. The van der Waals surface area contributed by atoms with E-state index < -0.39 is 84.6 Å². The van der Waals surface area contributed by atoms with Crippen molar-refractivity contribution < 1.29 is 85.0 Å². The first-order valence-electron chi connectivity index (χ1n) is 16.7. The number of carbonyl (C=O) groups is 3. The monoisotopic (exact) mass is 893 g/mol. The Balaban J connectivity index is 1.47. The Kier molecular flexibility index (Phi) is 17.1. The maximum Gasteiger partial charge on any atom is 0.481 e. The number of ether oxygens (including phenoxy) is 1. The van der Waals surface area contributed by atoms with Crippen molar-refractivity contribution >= 4 is 69.1 Å². The molecule has 2 aromatic rings. The topological polar surface area (TPSA) is 364 Å². The van der Waals surface area contributed by atoms with Gasteiger partial charge in [-0.15, -0.1) is 0 Å². The number of imidazole rings is 1. The number of nitrogens with one attached hydrogen (secondary N) is 2. The van der Waals surface area contributed by atoms with E-state index in [1.165, 1.54) is 19.9 Å². The number of fused-ring (bicyclic) bond motifs is 1. The van der Waals surface area contributed by atoms with Crippen molar-refractivity contribution in [2.24, 2.45) is 5.41 Å². The maximum absolute atomic E-state index is 12.7. The molecule has 10 N–H and O–H groups in total. The first-order chi connectivity index (χ1) is 26.2. The number of likely N-dealkylation sites (N-methyl/N-ethyl adjacent to an activating group) is 1. The summed E-state index contributed by atoms with van der Waals surface area (Å²) in [6.45, 7) is 1.14. The minimum absolute atomic E-state index is 0.0297. The normalized spacial score (nSPS) is 21.9. The Labute approximate surface area is 330 Å². The summed E-state index contributed by atoms with van der Waals surface area (Å²) in [5, 5.41) is 26.2. The van der Waals surface area contributed by atoms with Gasteiger partial charge in [-0.1, -0.05) is 25.6 Å². The summed E-state index contributed by atoms with van der Waals surface area (Å²) >= 11 is 1.03. The largest absolute Gasteiger partial charge is 0.481 e. The van der Waals surface area contributed by atoms with Crippen molar-refractivity contribution in [3.63, 3.8) is 0 Å². The van der Waals surface area contributed by atoms with Gasteiger partial charge in [0.25, 0.3) is 0 Å². The van der Waals surface area contributed by atoms with Crippen LogP contribution in [0.15, 0.2) is 24.8 Å². The number of aliphatic hydroxyl groups is 2. The number of carbonyl (C=O) groups excluding carboxylic acids is 3. The standard InChI is InChI=1S/C28H47N8O17P3S/c1-28(2,23(40)26(41)31-9-8-18(37)30-10-12-57-19(38)7-6-11-36(3,4)5)14-50-56(47,48)53-55(45,46)49-13-17-22(52-54(42,43)44)21(39)27(51-17)35-16-34-20-24(29)32-15-33-25(20)35/h6-7,15-17,21-23,27,39-40H,8-14H2,1-5H3,(H7-,29,30,31,32,33,37,41,42,43,44,45,46,47,48)/p+1. The van der Waals surface area contributed by atoms with Crippen molar-refractivity contribution in [2.45, 2.75) is 50.9 Å². The number of nitrogens with zero attached hydrogens (tertiary/aromatic N) is 5. The van der Waals surface area contributed by atoms with E-state index in [1.54, 1.807) is 6.08 Å². The third-order valence-electron chi connectivity index (χ3n) is 7.65. The third-order valence-corrected chi connectivity index (χ3v) is 11.6. The Hall–Kier alpha value is -2.74. The van der Waals surface area contributed by atoms with E-state index in [1.807, 2.05) is 21.1 Å². The lowest BCUT2D eigenvalue weighted by Crippen LogP contribution is -2.46. The molecule has 7 atom stereocenters. The zero-order valence-corrected chi connectivity index (χ0v) is 34.9. The fourth-order valence-electron chi connectivity index (χ4n) is 4.80. The Morgan fingerprint density at radius 2 is 1.74 bits per heavy atom. The van der Waals surface area contributed by atoms with Crippen LogP contribution < -0.4 is 16.4 Å². The minimum Gasteiger partial charge on any atom is -0.386 e. The van der Waals surface area contributed by atoms with Crippen molar-refractivity contribution in [1.82, 2.24) is 30.2 Å². The van der Waals surface area contributed by atoms with Gasteiger partial charge in [-0.25, -0.2) is 28.6 Å². The number of aromatic nitrogens is 4. The molecule has 0 radical (unpaired) electrons. The molecule has 2 aromatic heterocycles. The quantitative estimate of drug-likeness (QED) is 0.0294. The van der Waals surface area contributed by atoms with Crippen molar-refractivity contribution in [3.05, 3.63) is 24.8 Å². The summed E-state index contributed by atoms with van der Waals surface area (Å²) < 4.78 is 62.8. The number of phosphoric acid groups is 3. The molecule has 0 saturated carbocycles. The minimum atomic E-state index is -5.57. The average molecular weight is 894 g/mol. The molecule has 0 spiro atoms. The highest BCUT2D eigenvalue weighted by atomic mass is 32.2. The number of quaternary nitrogens is 1. The Morgan fingerprint density at radius 3 is 2.39 bits per heavy atom. The summed E-state index contributed by atoms with van der Waals surface area (Å²) in [5.74, 6) is -1.14. The number of hydrogen-bond donors (Lipinski definition) is 9. The van der Waals surface area contributed by atoms with E-state index in [0.717, 1.165) is 29.0 Å². The average Bonchev–Trinajstić information content (AvgIpc) is 3.64. The van der Waals surface area contributed by atoms with Gasteiger partial charge in [0.15, 0.2) is 17.7 Å². The van der Waals surface area contributed by atoms with Crippen LogP contribution in [0.4, 0.5) is 5.82 Å². The number of nitrogen functional groups attached to an aromatic ring is 1. The zero-order chi connectivity index (χ0) is 43.0. The molecule has 3 heterocycles. The van der Waals surface area contributed by atoms with E-state index in [0.29, 0.717) is 16.8 Å². The van der Waals surface area contributed by atoms with E-state index in [-0.39, 0.29) is 41.6 Å². The van der Waals surface area contributed by atoms with E-state index in [2.05, 4.69) is 34.4 Å². The zero-order valence-electron chi connectivity index (χ0n) is 31.4. The van der Waals surface area contributed by atoms with Crippen molar-refractivity contribution in [3.8, 4) is 0 Å². The lowest BCUT2D eigenvalue weighted by Gasteiger charge is -2.30. The first-order valence-corrected chi connectivity index (χ1v) is 22.2. The van der Waals surface area contributed by atoms with E-state index >= 15 is 0 Å². The highest BCUT2D eigenvalue weighted by Gasteiger charge is 2.50. The van der Waals surface area contributed by atoms with Crippen LogP contribution in [0.2, 0.25) is 0 Å². The van der Waals surface area contributed by atoms with Gasteiger partial charge < -0.3 is 55.4 Å². The van der Waals surface area contributed by atoms with Gasteiger partial charge in [0.1, 0.15) is 36.3 Å². The molecule has 0 bridgehead atoms. The number of aliphatic hydroxyl groups excluding tert-OH is 2. The Bertz CT molecular complexity index is 1910. The highest BCUT2D eigenvalue weighted by molar-refractivity contribution is 8.14. The van der Waals surface area contributed by atoms with Crippen LogP contribution in [0.3, 0.4) is 0 Å². The van der Waals surface area contributed by atoms with E-state index in [9.17, 15) is 57.9 Å². The molecule has 0 aliphatic carbocycles. The third kappa shape index (κ3) is 15.8. The highest BCUT2D eigenvalue weighted by Crippen LogP contribution is 2.61. The first kappa shape index (κ1) is 48.6. The molecule has 2 amide bonds. The predicted molar refractivity (Wildman–Crippen MR) is 199 cm³/mol. The molecular formula is C28H48N8O17P3S+. The van der Waals surface area contributed by atoms with Gasteiger partial charge in [-0.2, -0.15) is 4.31 Å². The van der Waals surface area contributed by atoms with Crippen LogP contribution in [0.25, 0.3) is 11.2 Å². The van der Waals surface area contributed by atoms with Crippen LogP contribution in [0.1, 0.15) is 26.5 Å². The van der Waals surface area contributed by atoms with Crippen LogP contribution in [-0.4, -0.2) is 155 Å². The second kappa shape index (κ2) is 20.0. The maximum atomic E-state index is 12.7. The fraction of sp³-hybridized carbons (Fsp3) is 0.643. The molecule has 29 heteroatoms. The predicted octanol–water partition coefficient (Wildman–Crippen LogP) is -1.07. The summed E-state index contributed by atoms with van der Waals surface area (Å²) in [6.07, 6.45) is -3.69. The molecule has 0 aromatic carbocycles. The van der Waals surface area contributed by atoms with Crippen molar-refractivity contribution in [2.75, 3.05) is 65.5 Å². The number of anilines is 1. The van der Waals surface area contributed by atoms with Gasteiger partial charge in [0, 0.05) is 30.7 Å². The summed E-state index contributed by atoms with van der Waals surface area (Å²) in [7, 11) is -10.4. The Morgan fingerprint density at radius 1 is 1.07 bits per heavy atom. The van der Waals surface area contributed by atoms with Gasteiger partial charge in [-0.05, 0) is 12.2 Å². The van der Waals surface area contributed by atoms with Crippen LogP contribution in [0.5, 0.6) is 0 Å². The number of nitrogens with two attached hydrogens (primary N) is 1. The summed E-state index contributed by atoms with van der Waals surface area (Å²) in [6, 6.07) is 0. The summed E-state index contributed by atoms with van der Waals surface area (Å²) in [5.41, 5.74) is 4.26. The van der Waals surface area contributed by atoms with Crippen LogP contribution >= 0.6 is 35.2 Å². The van der Waals surface area contributed by atoms with Crippen molar-refractivity contribution in [1.29, 1.82) is 0 Å². The number of rotatable bonds is 22. The number of amides is 2. The number of phosphoric ester groups is 3. The van der Waals surface area contributed by atoms with Gasteiger partial charge >= 0.3 is 23.5 Å². The second-order valence-electron chi connectivity index (χ2n) is 14.1. The lowest BCUT2D eigenvalue weighted by atomic mass is 9.87. The van der Waals surface area contributed by atoms with Crippen LogP contribution in [-0.2, 0) is 50.7 Å². The molecule has 1 aliphatic heterocycles. The van der Waals surface area contributed by atoms with E-state index in [4.69, 9.17) is 19.5 Å².